The van der Waals surface area contributed by atoms with Crippen molar-refractivity contribution in [1.82, 2.24) is 9.55 Å². The van der Waals surface area contributed by atoms with Gasteiger partial charge in [0, 0.05) is 5.92 Å². The Morgan fingerprint density at radius 3 is 2.60 bits per heavy atom. The number of nitrogens with zero attached hydrogens (tertiary/aromatic N) is 2. The first-order valence-corrected chi connectivity index (χ1v) is 10.5. The summed E-state index contributed by atoms with van der Waals surface area (Å²) in [5.74, 6) is 1.99. The highest BCUT2D eigenvalue weighted by Crippen LogP contribution is 2.34. The lowest BCUT2D eigenvalue weighted by Gasteiger charge is -2.23. The van der Waals surface area contributed by atoms with Crippen LogP contribution in [0, 0.1) is 0 Å². The number of rotatable bonds is 7. The fraction of sp³-hybridized carbons (Fsp3) is 0.417. The Morgan fingerprint density at radius 2 is 1.83 bits per heavy atom. The van der Waals surface area contributed by atoms with Crippen LogP contribution in [0.3, 0.4) is 0 Å². The molecular formula is C24H29ClN2O3. The highest BCUT2D eigenvalue weighted by Gasteiger charge is 2.23. The molecule has 0 radical (unpaired) electrons. The molecule has 160 valence electrons. The van der Waals surface area contributed by atoms with Crippen LogP contribution in [-0.4, -0.2) is 33.2 Å². The number of halogens is 1. The van der Waals surface area contributed by atoms with Gasteiger partial charge in [0.05, 0.1) is 23.1 Å². The number of imidazole rings is 1. The molecule has 1 atom stereocenters. The number of Topliss-reactive ketones (excluding diaryl/α,β-unsaturated/α-hetero) is 1. The first-order chi connectivity index (χ1) is 14.1. The van der Waals surface area contributed by atoms with Crippen molar-refractivity contribution in [1.29, 1.82) is 0 Å². The van der Waals surface area contributed by atoms with Gasteiger partial charge in [-0.05, 0) is 44.0 Å². The van der Waals surface area contributed by atoms with Crippen molar-refractivity contribution >= 4 is 29.2 Å². The van der Waals surface area contributed by atoms with E-state index < -0.39 is 6.10 Å². The number of ether oxygens (including phenoxy) is 1. The van der Waals surface area contributed by atoms with Gasteiger partial charge in [-0.15, -0.1) is 12.4 Å². The number of aliphatic hydroxyl groups is 1. The molecule has 0 bridgehead atoms. The van der Waals surface area contributed by atoms with Gasteiger partial charge >= 0.3 is 0 Å². The molecule has 0 aliphatic heterocycles. The molecule has 1 unspecified atom stereocenters. The van der Waals surface area contributed by atoms with Gasteiger partial charge in [-0.25, -0.2) is 4.98 Å². The third-order valence-corrected chi connectivity index (χ3v) is 5.75. The van der Waals surface area contributed by atoms with Gasteiger partial charge in [0.25, 0.3) is 0 Å². The van der Waals surface area contributed by atoms with E-state index in [1.54, 1.807) is 12.1 Å². The quantitative estimate of drug-likeness (QED) is 0.528. The molecule has 1 aliphatic rings. The minimum Gasteiger partial charge on any atom is -0.490 e. The second-order valence-corrected chi connectivity index (χ2v) is 7.92. The summed E-state index contributed by atoms with van der Waals surface area (Å²) in [6.45, 7) is 2.07. The summed E-state index contributed by atoms with van der Waals surface area (Å²) in [5, 5.41) is 10.7. The maximum absolute atomic E-state index is 11.8. The molecule has 1 heterocycles. The van der Waals surface area contributed by atoms with E-state index in [2.05, 4.69) is 10.6 Å². The van der Waals surface area contributed by atoms with E-state index in [0.29, 0.717) is 23.8 Å². The molecule has 1 aliphatic carbocycles. The average Bonchev–Trinajstić information content (AvgIpc) is 3.11. The topological polar surface area (TPSA) is 64.3 Å². The van der Waals surface area contributed by atoms with Crippen LogP contribution < -0.4 is 4.74 Å². The van der Waals surface area contributed by atoms with E-state index in [1.807, 2.05) is 30.3 Å². The zero-order chi connectivity index (χ0) is 20.2. The molecule has 30 heavy (non-hydrogen) atoms. The Morgan fingerprint density at radius 1 is 1.13 bits per heavy atom. The van der Waals surface area contributed by atoms with Crippen LogP contribution in [0.15, 0.2) is 48.5 Å². The fourth-order valence-electron chi connectivity index (χ4n) is 4.29. The van der Waals surface area contributed by atoms with Gasteiger partial charge in [0.15, 0.2) is 5.78 Å². The van der Waals surface area contributed by atoms with Crippen LogP contribution in [0.4, 0.5) is 0 Å². The SMILES string of the molecule is CC(=O)c1ccccc1OCC(O)Cn1c(C2CCCCC2)nc2ccccc21.Cl. The highest BCUT2D eigenvalue weighted by molar-refractivity contribution is 5.96. The fourth-order valence-corrected chi connectivity index (χ4v) is 4.29. The number of carbonyl (C=O) groups is 1. The third kappa shape index (κ3) is 4.85. The van der Waals surface area contributed by atoms with E-state index in [-0.39, 0.29) is 24.8 Å². The van der Waals surface area contributed by atoms with Gasteiger partial charge in [0.2, 0.25) is 0 Å². The smallest absolute Gasteiger partial charge is 0.163 e. The summed E-state index contributed by atoms with van der Waals surface area (Å²) in [7, 11) is 0. The molecule has 3 aromatic rings. The maximum Gasteiger partial charge on any atom is 0.163 e. The maximum atomic E-state index is 11.8. The molecular weight excluding hydrogens is 400 g/mol. The van der Waals surface area contributed by atoms with Crippen LogP contribution in [-0.2, 0) is 6.54 Å². The Labute approximate surface area is 183 Å². The van der Waals surface area contributed by atoms with Crippen molar-refractivity contribution in [2.45, 2.75) is 57.6 Å². The lowest BCUT2D eigenvalue weighted by Crippen LogP contribution is -2.26. The number of hydrogen-bond acceptors (Lipinski definition) is 4. The molecule has 6 heteroatoms. The number of hydrogen-bond donors (Lipinski definition) is 1. The predicted octanol–water partition coefficient (Wildman–Crippen LogP) is 5.15. The molecule has 0 saturated heterocycles. The van der Waals surface area contributed by atoms with Crippen molar-refractivity contribution in [3.8, 4) is 5.75 Å². The molecule has 5 nitrogen and oxygen atoms in total. The lowest BCUT2D eigenvalue weighted by atomic mass is 9.88. The number of aliphatic hydroxyl groups excluding tert-OH is 1. The second kappa shape index (κ2) is 10.1. The Bertz CT molecular complexity index is 995. The number of ketones is 1. The van der Waals surface area contributed by atoms with E-state index in [0.717, 1.165) is 29.7 Å². The van der Waals surface area contributed by atoms with E-state index >= 15 is 0 Å². The number of carbonyl (C=O) groups excluding carboxylic acids is 1. The first-order valence-electron chi connectivity index (χ1n) is 10.5. The molecule has 0 amide bonds. The largest absolute Gasteiger partial charge is 0.490 e. The zero-order valence-corrected chi connectivity index (χ0v) is 18.1. The van der Waals surface area contributed by atoms with Crippen LogP contribution in [0.25, 0.3) is 11.0 Å². The van der Waals surface area contributed by atoms with Crippen molar-refractivity contribution in [3.05, 3.63) is 59.9 Å². The number of fused-ring (bicyclic) bond motifs is 1. The van der Waals surface area contributed by atoms with Crippen LogP contribution >= 0.6 is 12.4 Å². The summed E-state index contributed by atoms with van der Waals surface area (Å²) < 4.78 is 7.96. The molecule has 1 fully saturated rings. The Kier molecular flexibility index (Phi) is 7.51. The summed E-state index contributed by atoms with van der Waals surface area (Å²) in [5.41, 5.74) is 2.56. The monoisotopic (exact) mass is 428 g/mol. The second-order valence-electron chi connectivity index (χ2n) is 7.92. The summed E-state index contributed by atoms with van der Waals surface area (Å²) in [6.07, 6.45) is 5.38. The Hall–Kier alpha value is -2.37. The summed E-state index contributed by atoms with van der Waals surface area (Å²) >= 11 is 0. The highest BCUT2D eigenvalue weighted by atomic mass is 35.5. The minimum absolute atomic E-state index is 0. The molecule has 0 spiro atoms. The van der Waals surface area contributed by atoms with Gasteiger partial charge in [-0.1, -0.05) is 43.5 Å². The third-order valence-electron chi connectivity index (χ3n) is 5.75. The predicted molar refractivity (Wildman–Crippen MR) is 121 cm³/mol. The number of para-hydroxylation sites is 3. The van der Waals surface area contributed by atoms with Crippen molar-refractivity contribution in [3.63, 3.8) is 0 Å². The van der Waals surface area contributed by atoms with E-state index in [1.165, 1.54) is 26.2 Å². The molecule has 1 aromatic heterocycles. The standard InChI is InChI=1S/C24H28N2O3.ClH/c1-17(27)20-11-5-8-14-23(20)29-16-19(28)15-26-22-13-7-6-12-21(22)25-24(26)18-9-3-2-4-10-18;/h5-8,11-14,18-19,28H,2-4,9-10,15-16H2,1H3;1H. The number of aromatic nitrogens is 2. The van der Waals surface area contributed by atoms with E-state index in [4.69, 9.17) is 9.72 Å². The van der Waals surface area contributed by atoms with Crippen LogP contribution in [0.5, 0.6) is 5.75 Å². The zero-order valence-electron chi connectivity index (χ0n) is 17.3. The summed E-state index contributed by atoms with van der Waals surface area (Å²) in [4.78, 5) is 16.7. The molecule has 2 aromatic carbocycles. The lowest BCUT2D eigenvalue weighted by molar-refractivity contribution is 0.0894. The van der Waals surface area contributed by atoms with Gasteiger partial charge in [-0.3, -0.25) is 4.79 Å². The van der Waals surface area contributed by atoms with Gasteiger partial charge in [-0.2, -0.15) is 0 Å². The Balaban J connectivity index is 0.00000256. The van der Waals surface area contributed by atoms with Crippen LogP contribution in [0.2, 0.25) is 0 Å². The average molecular weight is 429 g/mol. The van der Waals surface area contributed by atoms with Crippen molar-refractivity contribution < 1.29 is 14.6 Å². The first kappa shape index (κ1) is 22.3. The minimum atomic E-state index is -0.699. The summed E-state index contributed by atoms with van der Waals surface area (Å²) in [6, 6.07) is 15.3. The van der Waals surface area contributed by atoms with Gasteiger partial charge < -0.3 is 14.4 Å². The normalized spacial score (nSPS) is 15.5. The van der Waals surface area contributed by atoms with Crippen molar-refractivity contribution in [2.24, 2.45) is 0 Å². The van der Waals surface area contributed by atoms with Crippen molar-refractivity contribution in [2.75, 3.05) is 6.61 Å². The molecule has 1 saturated carbocycles. The molecule has 1 N–H and O–H groups in total. The van der Waals surface area contributed by atoms with Crippen LogP contribution in [0.1, 0.15) is 61.1 Å². The molecule has 4 rings (SSSR count). The van der Waals surface area contributed by atoms with Gasteiger partial charge in [0.1, 0.15) is 24.3 Å². The number of benzene rings is 2. The van der Waals surface area contributed by atoms with E-state index in [9.17, 15) is 9.90 Å².